The summed E-state index contributed by atoms with van der Waals surface area (Å²) in [7, 11) is 0. The zero-order valence-corrected chi connectivity index (χ0v) is 19.1. The van der Waals surface area contributed by atoms with Gasteiger partial charge < -0.3 is 31.9 Å². The van der Waals surface area contributed by atoms with Crippen molar-refractivity contribution in [2.24, 2.45) is 17.6 Å². The molecule has 12 heteroatoms. The highest BCUT2D eigenvalue weighted by molar-refractivity contribution is 7.80. The number of nitrogens with two attached hydrogens (primary N) is 1. The van der Waals surface area contributed by atoms with Crippen LogP contribution in [0.25, 0.3) is 0 Å². The minimum absolute atomic E-state index is 0.0480. The summed E-state index contributed by atoms with van der Waals surface area (Å²) in [6.07, 6.45) is -0.0767. The van der Waals surface area contributed by atoms with E-state index < -0.39 is 66.2 Å². The van der Waals surface area contributed by atoms with Crippen LogP contribution in [0.4, 0.5) is 0 Å². The number of carboxylic acid groups (broad SMARTS) is 2. The van der Waals surface area contributed by atoms with E-state index in [4.69, 9.17) is 10.8 Å². The number of nitrogens with one attached hydrogen (secondary N) is 3. The first kappa shape index (κ1) is 28.7. The molecule has 7 N–H and O–H groups in total. The largest absolute Gasteiger partial charge is 0.481 e. The van der Waals surface area contributed by atoms with E-state index in [1.165, 1.54) is 0 Å². The van der Waals surface area contributed by atoms with E-state index in [1.807, 2.05) is 13.8 Å². The van der Waals surface area contributed by atoms with Crippen LogP contribution >= 0.6 is 12.6 Å². The van der Waals surface area contributed by atoms with Crippen LogP contribution in [0.3, 0.4) is 0 Å². The van der Waals surface area contributed by atoms with E-state index >= 15 is 0 Å². The number of amides is 3. The fourth-order valence-corrected chi connectivity index (χ4v) is 2.81. The van der Waals surface area contributed by atoms with Crippen molar-refractivity contribution in [3.05, 3.63) is 0 Å². The Morgan fingerprint density at radius 3 is 1.87 bits per heavy atom. The maximum absolute atomic E-state index is 12.6. The summed E-state index contributed by atoms with van der Waals surface area (Å²) in [6.45, 7) is 6.98. The van der Waals surface area contributed by atoms with Crippen molar-refractivity contribution in [1.29, 1.82) is 0 Å². The molecule has 0 aromatic heterocycles. The van der Waals surface area contributed by atoms with E-state index in [0.29, 0.717) is 6.42 Å². The van der Waals surface area contributed by atoms with Crippen molar-refractivity contribution in [3.8, 4) is 0 Å². The number of aliphatic carboxylic acids is 2. The van der Waals surface area contributed by atoms with Crippen LogP contribution in [0.2, 0.25) is 0 Å². The molecule has 0 rings (SSSR count). The van der Waals surface area contributed by atoms with Crippen LogP contribution in [0.5, 0.6) is 0 Å². The van der Waals surface area contributed by atoms with E-state index in [0.717, 1.165) is 0 Å². The highest BCUT2D eigenvalue weighted by Gasteiger charge is 2.32. The van der Waals surface area contributed by atoms with Crippen molar-refractivity contribution in [2.45, 2.75) is 71.1 Å². The molecule has 3 amide bonds. The molecule has 31 heavy (non-hydrogen) atoms. The highest BCUT2D eigenvalue weighted by Crippen LogP contribution is 2.08. The summed E-state index contributed by atoms with van der Waals surface area (Å²) in [6, 6.07) is -4.39. The lowest BCUT2D eigenvalue weighted by Crippen LogP contribution is -2.59. The van der Waals surface area contributed by atoms with Crippen molar-refractivity contribution >= 4 is 42.3 Å². The maximum atomic E-state index is 12.6. The van der Waals surface area contributed by atoms with E-state index in [2.05, 4.69) is 28.6 Å². The van der Waals surface area contributed by atoms with Gasteiger partial charge in [-0.25, -0.2) is 4.79 Å². The Morgan fingerprint density at radius 1 is 0.903 bits per heavy atom. The van der Waals surface area contributed by atoms with Crippen LogP contribution in [0.15, 0.2) is 0 Å². The quantitative estimate of drug-likeness (QED) is 0.166. The summed E-state index contributed by atoms with van der Waals surface area (Å²) in [5.41, 5.74) is 5.87. The number of thiol groups is 1. The molecule has 0 saturated heterocycles. The molecular weight excluding hydrogens is 428 g/mol. The van der Waals surface area contributed by atoms with Crippen LogP contribution in [0, 0.1) is 11.8 Å². The van der Waals surface area contributed by atoms with E-state index in [-0.39, 0.29) is 18.1 Å². The minimum Gasteiger partial charge on any atom is -0.481 e. The third kappa shape index (κ3) is 10.0. The number of rotatable bonds is 14. The second kappa shape index (κ2) is 13.9. The van der Waals surface area contributed by atoms with Crippen molar-refractivity contribution < 1.29 is 34.2 Å². The van der Waals surface area contributed by atoms with Gasteiger partial charge in [0.05, 0.1) is 6.04 Å². The van der Waals surface area contributed by atoms with E-state index in [1.54, 1.807) is 13.8 Å². The Kier molecular flexibility index (Phi) is 12.8. The smallest absolute Gasteiger partial charge is 0.326 e. The zero-order valence-electron chi connectivity index (χ0n) is 18.3. The number of carbonyl (C=O) groups is 5. The fraction of sp³-hybridized carbons (Fsp3) is 0.737. The molecule has 0 aliphatic carbocycles. The summed E-state index contributed by atoms with van der Waals surface area (Å²) in [5.74, 6) is -5.12. The van der Waals surface area contributed by atoms with Gasteiger partial charge in [-0.3, -0.25) is 19.2 Å². The average molecular weight is 463 g/mol. The van der Waals surface area contributed by atoms with Gasteiger partial charge in [0.1, 0.15) is 18.1 Å². The zero-order chi connectivity index (χ0) is 24.3. The maximum Gasteiger partial charge on any atom is 0.326 e. The number of hydrogen-bond donors (Lipinski definition) is 7. The Balaban J connectivity index is 5.21. The first-order valence-electron chi connectivity index (χ1n) is 10.1. The molecule has 0 aromatic carbocycles. The summed E-state index contributed by atoms with van der Waals surface area (Å²) < 4.78 is 0. The fourth-order valence-electron chi connectivity index (χ4n) is 2.55. The van der Waals surface area contributed by atoms with Gasteiger partial charge in [0.2, 0.25) is 17.7 Å². The van der Waals surface area contributed by atoms with Gasteiger partial charge in [0.15, 0.2) is 0 Å². The first-order valence-corrected chi connectivity index (χ1v) is 10.7. The molecule has 0 saturated carbocycles. The normalized spacial score (nSPS) is 15.8. The second-order valence-corrected chi connectivity index (χ2v) is 8.08. The Hall–Kier alpha value is -2.34. The molecule has 0 aliphatic rings. The average Bonchev–Trinajstić information content (AvgIpc) is 2.70. The van der Waals surface area contributed by atoms with Crippen LogP contribution < -0.4 is 21.7 Å². The molecule has 11 nitrogen and oxygen atoms in total. The molecular formula is C19H34N4O7S. The van der Waals surface area contributed by atoms with Gasteiger partial charge in [0.25, 0.3) is 0 Å². The van der Waals surface area contributed by atoms with Gasteiger partial charge in [-0.1, -0.05) is 34.1 Å². The van der Waals surface area contributed by atoms with Crippen molar-refractivity contribution in [1.82, 2.24) is 16.0 Å². The van der Waals surface area contributed by atoms with Crippen LogP contribution in [-0.2, 0) is 24.0 Å². The lowest BCUT2D eigenvalue weighted by molar-refractivity contribution is -0.143. The molecule has 0 spiro atoms. The molecule has 5 unspecified atom stereocenters. The van der Waals surface area contributed by atoms with Gasteiger partial charge in [-0.05, 0) is 18.3 Å². The molecule has 0 bridgehead atoms. The predicted octanol–water partition coefficient (Wildman–Crippen LogP) is -0.651. The Bertz CT molecular complexity index is 659. The summed E-state index contributed by atoms with van der Waals surface area (Å²) in [4.78, 5) is 59.5. The molecule has 0 aliphatic heterocycles. The monoisotopic (exact) mass is 462 g/mol. The molecule has 0 fully saturated rings. The molecule has 0 radical (unpaired) electrons. The third-order valence-corrected chi connectivity index (χ3v) is 5.25. The topological polar surface area (TPSA) is 188 Å². The standard InChI is InChI=1S/C19H34N4O7S/c1-5-10(4)14(20)17(27)22-12(8-31)16(26)23-15(9(2)3)18(28)21-11(19(29)30)6-7-13(24)25/h9-12,14-15,31H,5-8,20H2,1-4H3,(H,21,28)(H,22,27)(H,23,26)(H,24,25)(H,29,30). The molecule has 5 atom stereocenters. The number of carbonyl (C=O) groups excluding carboxylic acids is 3. The Morgan fingerprint density at radius 2 is 1.45 bits per heavy atom. The third-order valence-electron chi connectivity index (χ3n) is 4.88. The van der Waals surface area contributed by atoms with Gasteiger partial charge in [-0.15, -0.1) is 0 Å². The second-order valence-electron chi connectivity index (χ2n) is 7.72. The van der Waals surface area contributed by atoms with Crippen LogP contribution in [0.1, 0.15) is 47.0 Å². The van der Waals surface area contributed by atoms with Crippen molar-refractivity contribution in [2.75, 3.05) is 5.75 Å². The van der Waals surface area contributed by atoms with Gasteiger partial charge in [-0.2, -0.15) is 12.6 Å². The highest BCUT2D eigenvalue weighted by atomic mass is 32.1. The van der Waals surface area contributed by atoms with Crippen LogP contribution in [-0.4, -0.2) is 69.8 Å². The lowest BCUT2D eigenvalue weighted by Gasteiger charge is -2.27. The first-order chi connectivity index (χ1) is 14.3. The molecule has 0 heterocycles. The lowest BCUT2D eigenvalue weighted by atomic mass is 9.99. The van der Waals surface area contributed by atoms with Gasteiger partial charge in [0, 0.05) is 12.2 Å². The summed E-state index contributed by atoms with van der Waals surface area (Å²) >= 11 is 4.08. The van der Waals surface area contributed by atoms with Gasteiger partial charge >= 0.3 is 11.9 Å². The molecule has 178 valence electrons. The molecule has 0 aromatic rings. The number of hydrogen-bond acceptors (Lipinski definition) is 7. The number of carboxylic acids is 2. The van der Waals surface area contributed by atoms with E-state index in [9.17, 15) is 29.1 Å². The predicted molar refractivity (Wildman–Crippen MR) is 116 cm³/mol. The minimum atomic E-state index is -1.42. The summed E-state index contributed by atoms with van der Waals surface area (Å²) in [5, 5.41) is 25.2. The SMILES string of the molecule is CCC(C)C(N)C(=O)NC(CS)C(=O)NC(C(=O)NC(CCC(=O)O)C(=O)O)C(C)C. The Labute approximate surface area is 187 Å². The van der Waals surface area contributed by atoms with Crippen molar-refractivity contribution in [3.63, 3.8) is 0 Å².